The SMILES string of the molecule is Cc1csc[n+]1CCOCCO. The lowest BCUT2D eigenvalue weighted by Gasteiger charge is -1.97. The summed E-state index contributed by atoms with van der Waals surface area (Å²) >= 11 is 1.69. The number of ether oxygens (including phenoxy) is 1. The van der Waals surface area contributed by atoms with Gasteiger partial charge in [0.05, 0.1) is 18.6 Å². The van der Waals surface area contributed by atoms with E-state index in [0.717, 1.165) is 6.54 Å². The average Bonchev–Trinajstić information content (AvgIpc) is 2.46. The normalized spacial score (nSPS) is 10.5. The van der Waals surface area contributed by atoms with Gasteiger partial charge in [-0.25, -0.2) is 0 Å². The highest BCUT2D eigenvalue weighted by atomic mass is 32.1. The van der Waals surface area contributed by atoms with Gasteiger partial charge in [-0.1, -0.05) is 11.3 Å². The molecule has 1 aromatic heterocycles. The first-order chi connectivity index (χ1) is 5.84. The number of aromatic nitrogens is 1. The molecule has 12 heavy (non-hydrogen) atoms. The second-order valence-corrected chi connectivity index (χ2v) is 3.25. The van der Waals surface area contributed by atoms with Gasteiger partial charge in [0.2, 0.25) is 5.51 Å². The summed E-state index contributed by atoms with van der Waals surface area (Å²) in [7, 11) is 0. The zero-order valence-electron chi connectivity index (χ0n) is 7.19. The number of rotatable bonds is 5. The third kappa shape index (κ3) is 2.89. The van der Waals surface area contributed by atoms with Crippen LogP contribution < -0.4 is 4.57 Å². The van der Waals surface area contributed by atoms with E-state index < -0.39 is 0 Å². The van der Waals surface area contributed by atoms with Crippen LogP contribution in [0.3, 0.4) is 0 Å². The third-order valence-corrected chi connectivity index (χ3v) is 2.45. The molecule has 1 heterocycles. The Morgan fingerprint density at radius 3 is 3.00 bits per heavy atom. The molecule has 1 aromatic rings. The lowest BCUT2D eigenvalue weighted by molar-refractivity contribution is -0.699. The van der Waals surface area contributed by atoms with Crippen LogP contribution >= 0.6 is 11.3 Å². The zero-order chi connectivity index (χ0) is 8.81. The Morgan fingerprint density at radius 2 is 2.42 bits per heavy atom. The summed E-state index contributed by atoms with van der Waals surface area (Å²) in [6.07, 6.45) is 0. The highest BCUT2D eigenvalue weighted by molar-refractivity contribution is 7.07. The molecule has 1 N–H and O–H groups in total. The van der Waals surface area contributed by atoms with Crippen molar-refractivity contribution in [2.24, 2.45) is 0 Å². The van der Waals surface area contributed by atoms with Crippen molar-refractivity contribution in [3.05, 3.63) is 16.6 Å². The fraction of sp³-hybridized carbons (Fsp3) is 0.625. The van der Waals surface area contributed by atoms with E-state index in [2.05, 4.69) is 22.4 Å². The quantitative estimate of drug-likeness (QED) is 0.534. The minimum absolute atomic E-state index is 0.104. The molecule has 0 amide bonds. The van der Waals surface area contributed by atoms with Gasteiger partial charge in [-0.3, -0.25) is 0 Å². The Morgan fingerprint density at radius 1 is 1.58 bits per heavy atom. The van der Waals surface area contributed by atoms with E-state index in [1.165, 1.54) is 5.69 Å². The van der Waals surface area contributed by atoms with Crippen LogP contribution in [0.25, 0.3) is 0 Å². The van der Waals surface area contributed by atoms with E-state index in [-0.39, 0.29) is 6.61 Å². The summed E-state index contributed by atoms with van der Waals surface area (Å²) in [5, 5.41) is 10.6. The van der Waals surface area contributed by atoms with E-state index in [1.807, 2.05) is 0 Å². The predicted molar refractivity (Wildman–Crippen MR) is 47.2 cm³/mol. The number of aliphatic hydroxyl groups excluding tert-OH is 1. The molecule has 0 fully saturated rings. The summed E-state index contributed by atoms with van der Waals surface area (Å²) in [5.41, 5.74) is 3.32. The van der Waals surface area contributed by atoms with E-state index in [1.54, 1.807) is 11.3 Å². The van der Waals surface area contributed by atoms with Crippen LogP contribution in [0.5, 0.6) is 0 Å². The van der Waals surface area contributed by atoms with Crippen LogP contribution in [0.4, 0.5) is 0 Å². The second kappa shape index (κ2) is 5.24. The van der Waals surface area contributed by atoms with Gasteiger partial charge in [-0.15, -0.1) is 0 Å². The first kappa shape index (κ1) is 9.64. The minimum atomic E-state index is 0.104. The lowest BCUT2D eigenvalue weighted by atomic mass is 10.5. The topological polar surface area (TPSA) is 33.3 Å². The Kier molecular flexibility index (Phi) is 4.21. The van der Waals surface area contributed by atoms with Gasteiger partial charge in [0.1, 0.15) is 6.61 Å². The molecular formula is C8H14NO2S+. The lowest BCUT2D eigenvalue weighted by Crippen LogP contribution is -2.36. The molecule has 1 rings (SSSR count). The van der Waals surface area contributed by atoms with E-state index in [4.69, 9.17) is 9.84 Å². The first-order valence-electron chi connectivity index (χ1n) is 3.95. The minimum Gasteiger partial charge on any atom is -0.394 e. The van der Waals surface area contributed by atoms with Crippen molar-refractivity contribution in [2.75, 3.05) is 19.8 Å². The summed E-state index contributed by atoms with van der Waals surface area (Å²) in [4.78, 5) is 0. The number of aryl methyl sites for hydroxylation is 1. The van der Waals surface area contributed by atoms with E-state index >= 15 is 0 Å². The maximum Gasteiger partial charge on any atom is 0.225 e. The molecule has 0 aliphatic carbocycles. The Labute approximate surface area is 76.2 Å². The van der Waals surface area contributed by atoms with Gasteiger partial charge in [0.15, 0.2) is 12.2 Å². The molecule has 0 radical (unpaired) electrons. The van der Waals surface area contributed by atoms with Gasteiger partial charge < -0.3 is 9.84 Å². The Balaban J connectivity index is 2.20. The number of thiazole rings is 1. The van der Waals surface area contributed by atoms with Crippen LogP contribution in [0, 0.1) is 6.92 Å². The molecule has 0 bridgehead atoms. The molecular weight excluding hydrogens is 174 g/mol. The highest BCUT2D eigenvalue weighted by Gasteiger charge is 2.05. The first-order valence-corrected chi connectivity index (χ1v) is 4.89. The predicted octanol–water partition coefficient (Wildman–Crippen LogP) is 0.353. The number of aliphatic hydroxyl groups is 1. The van der Waals surface area contributed by atoms with Gasteiger partial charge in [0.25, 0.3) is 0 Å². The van der Waals surface area contributed by atoms with E-state index in [0.29, 0.717) is 13.2 Å². The molecule has 0 saturated carbocycles. The van der Waals surface area contributed by atoms with Crippen molar-refractivity contribution in [2.45, 2.75) is 13.5 Å². The molecule has 0 atom stereocenters. The second-order valence-electron chi connectivity index (χ2n) is 2.53. The summed E-state index contributed by atoms with van der Waals surface area (Å²) in [6.45, 7) is 4.15. The van der Waals surface area contributed by atoms with Crippen LogP contribution in [0.1, 0.15) is 5.69 Å². The smallest absolute Gasteiger partial charge is 0.225 e. The Bertz CT molecular complexity index is 225. The zero-order valence-corrected chi connectivity index (χ0v) is 8.01. The summed E-state index contributed by atoms with van der Waals surface area (Å²) in [6, 6.07) is 0. The van der Waals surface area contributed by atoms with Crippen LogP contribution in [-0.4, -0.2) is 24.9 Å². The van der Waals surface area contributed by atoms with Crippen molar-refractivity contribution in [1.82, 2.24) is 0 Å². The van der Waals surface area contributed by atoms with Crippen LogP contribution in [-0.2, 0) is 11.3 Å². The van der Waals surface area contributed by atoms with Crippen molar-refractivity contribution in [3.8, 4) is 0 Å². The van der Waals surface area contributed by atoms with Gasteiger partial charge in [-0.2, -0.15) is 4.57 Å². The Hall–Kier alpha value is -0.450. The molecule has 0 saturated heterocycles. The summed E-state index contributed by atoms with van der Waals surface area (Å²) in [5.74, 6) is 0. The molecule has 0 unspecified atom stereocenters. The average molecular weight is 188 g/mol. The van der Waals surface area contributed by atoms with Crippen molar-refractivity contribution in [3.63, 3.8) is 0 Å². The number of hydrogen-bond acceptors (Lipinski definition) is 3. The molecule has 0 spiro atoms. The monoisotopic (exact) mass is 188 g/mol. The maximum absolute atomic E-state index is 8.45. The molecule has 0 aromatic carbocycles. The fourth-order valence-corrected chi connectivity index (χ4v) is 1.72. The standard InChI is InChI=1S/C8H14NO2S/c1-8-6-12-7-9(8)2-4-11-5-3-10/h6-7,10H,2-5H2,1H3/q+1. The van der Waals surface area contributed by atoms with Gasteiger partial charge in [-0.05, 0) is 0 Å². The fourth-order valence-electron chi connectivity index (χ4n) is 0.912. The number of nitrogens with zero attached hydrogens (tertiary/aromatic N) is 1. The molecule has 68 valence electrons. The molecule has 3 nitrogen and oxygen atoms in total. The molecule has 4 heteroatoms. The van der Waals surface area contributed by atoms with Crippen LogP contribution in [0.2, 0.25) is 0 Å². The van der Waals surface area contributed by atoms with Gasteiger partial charge >= 0.3 is 0 Å². The molecule has 0 aliphatic heterocycles. The van der Waals surface area contributed by atoms with Crippen molar-refractivity contribution >= 4 is 11.3 Å². The molecule has 0 aliphatic rings. The van der Waals surface area contributed by atoms with Crippen LogP contribution in [0.15, 0.2) is 10.9 Å². The van der Waals surface area contributed by atoms with Crippen molar-refractivity contribution in [1.29, 1.82) is 0 Å². The number of hydrogen-bond donors (Lipinski definition) is 1. The third-order valence-electron chi connectivity index (χ3n) is 1.59. The summed E-state index contributed by atoms with van der Waals surface area (Å²) < 4.78 is 7.29. The highest BCUT2D eigenvalue weighted by Crippen LogP contribution is 1.95. The largest absolute Gasteiger partial charge is 0.394 e. The maximum atomic E-state index is 8.45. The van der Waals surface area contributed by atoms with E-state index in [9.17, 15) is 0 Å². The van der Waals surface area contributed by atoms with Gasteiger partial charge in [0, 0.05) is 6.92 Å². The van der Waals surface area contributed by atoms with Crippen molar-refractivity contribution < 1.29 is 14.4 Å².